The van der Waals surface area contributed by atoms with Gasteiger partial charge >= 0.3 is 47.2 Å². The van der Waals surface area contributed by atoms with Crippen LogP contribution in [0.25, 0.3) is 39.6 Å². The summed E-state index contributed by atoms with van der Waals surface area (Å²) in [5.74, 6) is 2.12. The Morgan fingerprint density at radius 3 is 1.62 bits per heavy atom. The van der Waals surface area contributed by atoms with Crippen LogP contribution in [0.15, 0.2) is 280 Å². The molecule has 13 heteroatoms. The van der Waals surface area contributed by atoms with Crippen molar-refractivity contribution in [2.45, 2.75) is 195 Å². The van der Waals surface area contributed by atoms with Crippen LogP contribution in [0, 0.1) is 50.2 Å². The Hall–Kier alpha value is -10.9. The first kappa shape index (κ1) is 91.3. The molecule has 123 heavy (non-hydrogen) atoms. The molecule has 0 spiro atoms. The molecule has 16 rings (SSSR count). The van der Waals surface area contributed by atoms with Crippen LogP contribution in [0.2, 0.25) is 0 Å². The van der Waals surface area contributed by atoms with Gasteiger partial charge in [-0.05, 0) is 172 Å². The summed E-state index contributed by atoms with van der Waals surface area (Å²) < 4.78 is 6.71. The van der Waals surface area contributed by atoms with E-state index < -0.39 is 11.0 Å². The zero-order valence-electron chi connectivity index (χ0n) is 75.2. The Bertz CT molecular complexity index is 6050. The number of hydrogen-bond donors (Lipinski definition) is 0. The number of anilines is 1. The third-order valence-corrected chi connectivity index (χ3v) is 24.0. The summed E-state index contributed by atoms with van der Waals surface area (Å²) in [6.45, 7) is 44.7. The van der Waals surface area contributed by atoms with Gasteiger partial charge in [-0.15, -0.1) is 64.7 Å². The van der Waals surface area contributed by atoms with E-state index in [0.717, 1.165) is 85.5 Å². The molecule has 0 radical (unpaired) electrons. The average Bonchev–Trinajstić information content (AvgIpc) is 1.61. The molecular formula is C110H114BIr2N10+. The number of nitrogens with zero attached hydrogens (tertiary/aromatic N) is 10. The van der Waals surface area contributed by atoms with E-state index in [1.807, 2.05) is 85.6 Å². The SMILES string of the molecule is CC(C)(C)c1ccnc(Cc2[c-]cccc2)c1.CC(C)c1cc(-c2ccccc2)cc(C(C)C)c1-n1ccnc1-c1[c-]c(C(C)(c2[c-]cccc2)c2cc(C(C)(C)C)ccn2)ccc1.Cc1cccc(C)c1B1N(C)c2ccc(C(C)(c3[c-]cccc3)[n+]3cc(C(C)(C)C)ccn3)[c-]c2-c2nc([C@@H](c3[c-]cccc3)c3cc(C(C)(C)C)ccn3)cn21.[Ir+3].[Ir+3]. The molecule has 0 bridgehead atoms. The number of imidazole rings is 2. The number of aromatic nitrogens is 9. The molecule has 6 aromatic heterocycles. The van der Waals surface area contributed by atoms with Crippen molar-refractivity contribution in [3.63, 3.8) is 0 Å². The molecule has 624 valence electrons. The van der Waals surface area contributed by atoms with Crippen molar-refractivity contribution in [3.05, 3.63) is 417 Å². The van der Waals surface area contributed by atoms with Gasteiger partial charge in [0.1, 0.15) is 0 Å². The Balaban J connectivity index is 0.000000188. The quantitative estimate of drug-likeness (QED) is 0.0509. The zero-order chi connectivity index (χ0) is 85.9. The van der Waals surface area contributed by atoms with Crippen LogP contribution in [-0.4, -0.2) is 53.1 Å². The fourth-order valence-corrected chi connectivity index (χ4v) is 16.6. The average molecular weight is 1970 g/mol. The standard InChI is InChI=1S/C50H51BN6.C44H45N3.C16H18N.2Ir/c1-34-18-17-19-35(2)46(34)51-55(10)44-25-24-39(50(9,37-22-15-12-16-23-37)57-32-40(27-29-53-57)49(6,7)8)30-41(44)47-54-43(33-56(47)51)45(36-20-13-11-14-21-36)42-31-38(26-28-52-42)48(3,4)5;1-30(2)38-27-34(32-16-11-9-12-17-32)28-39(31(3)4)41(38)47-25-24-46-42(47)33-18-15-21-37(26-33)44(8,35-19-13-10-14-20-35)40-29-36(22-23-45-40)43(5,6)7;1-16(2,3)14-9-10-17-15(12-14)11-13-7-5-4-6-8-13;;/h11-20,22,24-29,31-33,45H,1-10H3;9-19,21-25,27-31H,1-8H3;4-7,9-10,12H,11H2,1-3H3;;/q2*-2;-1;2*+3/t45-,50?;;;;/m0..../s1. The van der Waals surface area contributed by atoms with Crippen LogP contribution in [0.1, 0.15) is 243 Å². The van der Waals surface area contributed by atoms with Gasteiger partial charge in [-0.25, -0.2) is 0 Å². The van der Waals surface area contributed by atoms with E-state index >= 15 is 0 Å². The summed E-state index contributed by atoms with van der Waals surface area (Å²) >= 11 is 0. The van der Waals surface area contributed by atoms with Gasteiger partial charge in [0.2, 0.25) is 11.7 Å². The number of rotatable bonds is 17. The van der Waals surface area contributed by atoms with Crippen LogP contribution in [-0.2, 0) is 79.2 Å². The molecule has 9 aromatic carbocycles. The van der Waals surface area contributed by atoms with E-state index in [-0.39, 0.29) is 74.8 Å². The monoisotopic (exact) mass is 1970 g/mol. The van der Waals surface area contributed by atoms with E-state index in [1.165, 1.54) is 72.3 Å². The molecule has 15 aromatic rings. The minimum Gasteiger partial charge on any atom is -0.436 e. The Labute approximate surface area is 760 Å². The van der Waals surface area contributed by atoms with Gasteiger partial charge in [-0.2, -0.15) is 127 Å². The fraction of sp³-hybridized carbons (Fsp3) is 0.282. The first-order valence-electron chi connectivity index (χ1n) is 42.6. The van der Waals surface area contributed by atoms with E-state index in [2.05, 4.69) is 400 Å². The van der Waals surface area contributed by atoms with Crippen molar-refractivity contribution in [1.82, 2.24) is 39.1 Å². The maximum absolute atomic E-state index is 5.64. The van der Waals surface area contributed by atoms with Crippen molar-refractivity contribution in [2.75, 3.05) is 11.9 Å². The van der Waals surface area contributed by atoms with Crippen molar-refractivity contribution in [3.8, 4) is 39.6 Å². The molecule has 10 nitrogen and oxygen atoms in total. The molecule has 0 fully saturated rings. The predicted molar refractivity (Wildman–Crippen MR) is 497 cm³/mol. The van der Waals surface area contributed by atoms with E-state index in [9.17, 15) is 0 Å². The third kappa shape index (κ3) is 19.5. The van der Waals surface area contributed by atoms with Crippen molar-refractivity contribution in [2.24, 2.45) is 0 Å². The fourth-order valence-electron chi connectivity index (χ4n) is 16.6. The molecule has 7 heterocycles. The number of aryl methyl sites for hydroxylation is 2. The number of fused-ring (bicyclic) bond motifs is 3. The van der Waals surface area contributed by atoms with Gasteiger partial charge in [0.25, 0.3) is 0 Å². The molecule has 0 saturated carbocycles. The number of benzene rings is 9. The topological polar surface area (TPSA) is 94.3 Å². The minimum atomic E-state index is -0.737. The van der Waals surface area contributed by atoms with Gasteiger partial charge in [0.15, 0.2) is 0 Å². The zero-order valence-corrected chi connectivity index (χ0v) is 80.0. The Morgan fingerprint density at radius 1 is 0.455 bits per heavy atom. The first-order valence-corrected chi connectivity index (χ1v) is 42.6. The van der Waals surface area contributed by atoms with E-state index in [0.29, 0.717) is 11.8 Å². The van der Waals surface area contributed by atoms with Crippen LogP contribution in [0.3, 0.4) is 0 Å². The predicted octanol–water partition coefficient (Wildman–Crippen LogP) is 23.8. The minimum absolute atomic E-state index is 0. The maximum Gasteiger partial charge on any atom is 3.00 e. The molecule has 1 aliphatic rings. The molecule has 0 amide bonds. The summed E-state index contributed by atoms with van der Waals surface area (Å²) in [4.78, 5) is 27.4. The second-order valence-corrected chi connectivity index (χ2v) is 37.5. The maximum atomic E-state index is 5.64. The van der Waals surface area contributed by atoms with Crippen molar-refractivity contribution in [1.29, 1.82) is 0 Å². The van der Waals surface area contributed by atoms with Gasteiger partial charge in [-0.3, -0.25) is 24.9 Å². The van der Waals surface area contributed by atoms with Crippen molar-refractivity contribution >= 4 is 18.1 Å². The largest absolute Gasteiger partial charge is 3.00 e. The normalized spacial score (nSPS) is 13.4. The first-order chi connectivity index (χ1) is 57.7. The summed E-state index contributed by atoms with van der Waals surface area (Å²) in [6.07, 6.45) is 17.0. The van der Waals surface area contributed by atoms with Gasteiger partial charge in [0, 0.05) is 78.2 Å². The van der Waals surface area contributed by atoms with Crippen LogP contribution < -0.4 is 15.0 Å². The van der Waals surface area contributed by atoms with Crippen LogP contribution >= 0.6 is 0 Å². The van der Waals surface area contributed by atoms with E-state index in [4.69, 9.17) is 25.0 Å². The summed E-state index contributed by atoms with van der Waals surface area (Å²) in [7, 11) is 2.19. The van der Waals surface area contributed by atoms with Gasteiger partial charge < -0.3 is 13.9 Å². The summed E-state index contributed by atoms with van der Waals surface area (Å²) in [5.41, 5.74) is 26.9. The molecule has 0 aliphatic carbocycles. The Kier molecular flexibility index (Phi) is 28.0. The Morgan fingerprint density at radius 2 is 1.02 bits per heavy atom. The molecule has 0 saturated heterocycles. The molecule has 0 N–H and O–H groups in total. The van der Waals surface area contributed by atoms with Crippen molar-refractivity contribution < 1.29 is 44.9 Å². The second-order valence-electron chi connectivity index (χ2n) is 37.5. The molecular weight excluding hydrogens is 1860 g/mol. The van der Waals surface area contributed by atoms with Gasteiger partial charge in [0.05, 0.1) is 29.1 Å². The second kappa shape index (κ2) is 37.7. The van der Waals surface area contributed by atoms with Gasteiger partial charge in [-0.1, -0.05) is 197 Å². The molecule has 2 unspecified atom stereocenters. The molecule has 1 aliphatic heterocycles. The van der Waals surface area contributed by atoms with Crippen LogP contribution in [0.4, 0.5) is 5.69 Å². The number of pyridine rings is 3. The van der Waals surface area contributed by atoms with E-state index in [1.54, 1.807) is 0 Å². The molecule has 3 atom stereocenters. The van der Waals surface area contributed by atoms with Crippen LogP contribution in [0.5, 0.6) is 0 Å². The third-order valence-electron chi connectivity index (χ3n) is 24.0. The smallest absolute Gasteiger partial charge is 0.436 e. The summed E-state index contributed by atoms with van der Waals surface area (Å²) in [5, 5.41) is 4.97. The summed E-state index contributed by atoms with van der Waals surface area (Å²) in [6, 6.07) is 102. The number of hydrogen-bond acceptors (Lipinski definition) is 7.